The smallest absolute Gasteiger partial charge is 0.100 e. The molecule has 0 rings (SSSR count). The van der Waals surface area contributed by atoms with Crippen molar-refractivity contribution in [2.24, 2.45) is 0 Å². The van der Waals surface area contributed by atoms with Gasteiger partial charge in [0.15, 0.2) is 0 Å². The van der Waals surface area contributed by atoms with Gasteiger partial charge in [-0.05, 0) is 12.8 Å². The molecule has 0 unspecified atom stereocenters. The summed E-state index contributed by atoms with van der Waals surface area (Å²) in [6.45, 7) is 3.41. The third-order valence-electron chi connectivity index (χ3n) is 4.60. The highest BCUT2D eigenvalue weighted by Crippen LogP contribution is 2.13. The maximum atomic E-state index is 10.2. The monoisotopic (exact) mass is 373 g/mol. The highest BCUT2D eigenvalue weighted by molar-refractivity contribution is 5.63. The number of quaternary nitrogens is 1. The number of nitrogens with one attached hydrogen (secondary N) is 1. The highest BCUT2D eigenvalue weighted by atomic mass is 16.4. The molecule has 0 aromatic rings. The second kappa shape index (κ2) is 24.4. The molecule has 2 N–H and O–H groups in total. The number of unbranched alkanes of at least 4 members (excludes halogenated alkanes) is 14. The van der Waals surface area contributed by atoms with Gasteiger partial charge < -0.3 is 19.9 Å². The Bertz CT molecular complexity index is 270. The molecule has 0 aliphatic heterocycles. The van der Waals surface area contributed by atoms with Crippen LogP contribution in [0.4, 0.5) is 0 Å². The van der Waals surface area contributed by atoms with Gasteiger partial charge in [-0.15, -0.1) is 0 Å². The molecule has 0 fully saturated rings. The Morgan fingerprint density at radius 2 is 1.08 bits per heavy atom. The number of hydrogen-bond donors (Lipinski definition) is 2. The number of carbonyl (C=O) groups is 1. The van der Waals surface area contributed by atoms with Crippen LogP contribution in [0.5, 0.6) is 0 Å². The van der Waals surface area contributed by atoms with E-state index >= 15 is 0 Å². The Kier molecular flexibility index (Phi) is 25.9. The van der Waals surface area contributed by atoms with Crippen LogP contribution in [0.15, 0.2) is 0 Å². The number of carboxylic acid groups (broad SMARTS) is 1. The van der Waals surface area contributed by atoms with Crippen LogP contribution in [-0.2, 0) is 4.79 Å². The van der Waals surface area contributed by atoms with Gasteiger partial charge in [0.2, 0.25) is 0 Å². The van der Waals surface area contributed by atoms with Crippen LogP contribution in [0.25, 0.3) is 0 Å². The molecular weight excluding hydrogens is 326 g/mol. The topological polar surface area (TPSA) is 64.8 Å². The predicted octanol–water partition coefficient (Wildman–Crippen LogP) is 3.12. The van der Waals surface area contributed by atoms with Gasteiger partial charge in [-0.1, -0.05) is 96.8 Å². The average molecular weight is 374 g/mol. The van der Waals surface area contributed by atoms with Gasteiger partial charge in [-0.3, -0.25) is 0 Å². The second-order valence-corrected chi connectivity index (χ2v) is 7.75. The van der Waals surface area contributed by atoms with Crippen LogP contribution in [-0.4, -0.2) is 38.3 Å². The molecule has 0 heterocycles. The quantitative estimate of drug-likeness (QED) is 0.363. The number of aliphatic hydroxyl groups excluding tert-OH is 1. The minimum absolute atomic E-state index is 0.234. The predicted molar refractivity (Wildman–Crippen MR) is 109 cm³/mol. The maximum absolute atomic E-state index is 10.2. The van der Waals surface area contributed by atoms with Gasteiger partial charge in [0, 0.05) is 5.97 Å². The number of likely N-dealkylation sites (N-methyl/N-ethyl adjacent to an activating group) is 1. The molecule has 0 aromatic carbocycles. The lowest BCUT2D eigenvalue weighted by Crippen LogP contribution is -3.06. The van der Waals surface area contributed by atoms with Crippen LogP contribution < -0.4 is 10.0 Å². The number of carboxylic acids is 1. The SMILES string of the molecule is CCCCCCCCCCCCCCCCCC(=O)[O-].C[NH+](C)CCO. The lowest BCUT2D eigenvalue weighted by Gasteiger charge is -2.04. The van der Waals surface area contributed by atoms with Crippen molar-refractivity contribution in [3.05, 3.63) is 0 Å². The van der Waals surface area contributed by atoms with Crippen molar-refractivity contribution >= 4 is 5.97 Å². The summed E-state index contributed by atoms with van der Waals surface area (Å²) in [7, 11) is 4.02. The molecule has 0 atom stereocenters. The second-order valence-electron chi connectivity index (χ2n) is 7.75. The number of rotatable bonds is 18. The van der Waals surface area contributed by atoms with Crippen molar-refractivity contribution in [3.63, 3.8) is 0 Å². The highest BCUT2D eigenvalue weighted by Gasteiger charge is 1.94. The molecule has 0 radical (unpaired) electrons. The number of aliphatic carboxylic acids is 1. The summed E-state index contributed by atoms with van der Waals surface area (Å²) in [4.78, 5) is 11.5. The summed E-state index contributed by atoms with van der Waals surface area (Å²) in [5.41, 5.74) is 0. The standard InChI is InChI=1S/C18H36O2.C4H11NO/c1-2-3-4-5-6-7-8-9-10-11-12-13-14-15-16-17-18(19)20;1-5(2)3-4-6/h2-17H2,1H3,(H,19,20);6H,3-4H2,1-2H3. The lowest BCUT2D eigenvalue weighted by atomic mass is 10.0. The van der Waals surface area contributed by atoms with Gasteiger partial charge in [0.05, 0.1) is 20.7 Å². The van der Waals surface area contributed by atoms with E-state index in [1.165, 1.54) is 88.4 Å². The molecule has 0 aliphatic carbocycles. The van der Waals surface area contributed by atoms with E-state index in [0.717, 1.165) is 19.4 Å². The van der Waals surface area contributed by atoms with Crippen molar-refractivity contribution in [2.75, 3.05) is 27.2 Å². The minimum Gasteiger partial charge on any atom is -0.550 e. The molecule has 0 saturated heterocycles. The van der Waals surface area contributed by atoms with Gasteiger partial charge >= 0.3 is 0 Å². The molecule has 26 heavy (non-hydrogen) atoms. The lowest BCUT2D eigenvalue weighted by molar-refractivity contribution is -0.858. The molecule has 4 heteroatoms. The Morgan fingerprint density at radius 3 is 1.31 bits per heavy atom. The fourth-order valence-electron chi connectivity index (χ4n) is 2.86. The summed E-state index contributed by atoms with van der Waals surface area (Å²) in [5.74, 6) is -0.903. The molecule has 158 valence electrons. The zero-order valence-electron chi connectivity index (χ0n) is 18.0. The van der Waals surface area contributed by atoms with Crippen molar-refractivity contribution in [1.29, 1.82) is 0 Å². The first-order valence-corrected chi connectivity index (χ1v) is 11.1. The van der Waals surface area contributed by atoms with E-state index in [4.69, 9.17) is 5.11 Å². The number of carbonyl (C=O) groups excluding carboxylic acids is 1. The first kappa shape index (κ1) is 27.6. The van der Waals surface area contributed by atoms with Gasteiger partial charge in [-0.2, -0.15) is 0 Å². The third-order valence-corrected chi connectivity index (χ3v) is 4.60. The Hall–Kier alpha value is -0.610. The Labute approximate surface area is 163 Å². The van der Waals surface area contributed by atoms with Crippen LogP contribution in [0.1, 0.15) is 110 Å². The van der Waals surface area contributed by atoms with Crippen molar-refractivity contribution in [2.45, 2.75) is 110 Å². The van der Waals surface area contributed by atoms with Gasteiger partial charge in [0.25, 0.3) is 0 Å². The molecule has 0 amide bonds. The fourth-order valence-corrected chi connectivity index (χ4v) is 2.86. The largest absolute Gasteiger partial charge is 0.550 e. The molecule has 0 spiro atoms. The summed E-state index contributed by atoms with van der Waals surface area (Å²) in [6, 6.07) is 0. The van der Waals surface area contributed by atoms with Gasteiger partial charge in [-0.25, -0.2) is 0 Å². The normalized spacial score (nSPS) is 10.7. The first-order chi connectivity index (χ1) is 12.5. The first-order valence-electron chi connectivity index (χ1n) is 11.1. The van der Waals surface area contributed by atoms with Crippen molar-refractivity contribution in [3.8, 4) is 0 Å². The molecule has 0 aromatic heterocycles. The van der Waals surface area contributed by atoms with Crippen LogP contribution >= 0.6 is 0 Å². The Balaban J connectivity index is 0. The summed E-state index contributed by atoms with van der Waals surface area (Å²) in [5, 5.41) is 18.4. The van der Waals surface area contributed by atoms with E-state index in [0.29, 0.717) is 6.61 Å². The summed E-state index contributed by atoms with van der Waals surface area (Å²) in [6.07, 6.45) is 19.9. The minimum atomic E-state index is -0.903. The number of aliphatic hydroxyl groups is 1. The van der Waals surface area contributed by atoms with E-state index in [1.807, 2.05) is 14.1 Å². The van der Waals surface area contributed by atoms with Crippen LogP contribution in [0.2, 0.25) is 0 Å². The van der Waals surface area contributed by atoms with E-state index in [1.54, 1.807) is 0 Å². The summed E-state index contributed by atoms with van der Waals surface area (Å²) >= 11 is 0. The molecule has 4 nitrogen and oxygen atoms in total. The molecule has 0 bridgehead atoms. The van der Waals surface area contributed by atoms with Gasteiger partial charge in [0.1, 0.15) is 6.54 Å². The third kappa shape index (κ3) is 31.2. The zero-order valence-corrected chi connectivity index (χ0v) is 18.0. The van der Waals surface area contributed by atoms with Crippen molar-refractivity contribution < 1.29 is 19.9 Å². The molecule has 0 aliphatic rings. The zero-order chi connectivity index (χ0) is 19.9. The summed E-state index contributed by atoms with van der Waals surface area (Å²) < 4.78 is 0. The maximum Gasteiger partial charge on any atom is 0.100 e. The fraction of sp³-hybridized carbons (Fsp3) is 0.955. The molecular formula is C22H47NO3. The van der Waals surface area contributed by atoms with Crippen LogP contribution in [0, 0.1) is 0 Å². The average Bonchev–Trinajstić information content (AvgIpc) is 2.58. The number of hydrogen-bond acceptors (Lipinski definition) is 3. The van der Waals surface area contributed by atoms with E-state index in [-0.39, 0.29) is 6.42 Å². The van der Waals surface area contributed by atoms with E-state index < -0.39 is 5.97 Å². The van der Waals surface area contributed by atoms with Crippen molar-refractivity contribution in [1.82, 2.24) is 0 Å². The van der Waals surface area contributed by atoms with E-state index in [2.05, 4.69) is 6.92 Å². The van der Waals surface area contributed by atoms with Crippen LogP contribution in [0.3, 0.4) is 0 Å². The Morgan fingerprint density at radius 1 is 0.731 bits per heavy atom. The van der Waals surface area contributed by atoms with E-state index in [9.17, 15) is 9.90 Å². The molecule has 0 saturated carbocycles.